The molecule has 2 aromatic carbocycles. The zero-order valence-electron chi connectivity index (χ0n) is 16.0. The summed E-state index contributed by atoms with van der Waals surface area (Å²) >= 11 is 0. The van der Waals surface area contributed by atoms with E-state index in [2.05, 4.69) is 16.3 Å². The molecule has 7 heteroatoms. The lowest BCUT2D eigenvalue weighted by Gasteiger charge is -2.36. The average Bonchev–Trinajstić information content (AvgIpc) is 3.21. The molecule has 7 nitrogen and oxygen atoms in total. The zero-order chi connectivity index (χ0) is 19.3. The summed E-state index contributed by atoms with van der Waals surface area (Å²) in [6, 6.07) is 13.7. The third-order valence-corrected chi connectivity index (χ3v) is 4.95. The number of amides is 2. The summed E-state index contributed by atoms with van der Waals surface area (Å²) in [5.74, 6) is 2.37. The smallest absolute Gasteiger partial charge is 0.317 e. The molecule has 0 aliphatic carbocycles. The number of urea groups is 1. The van der Waals surface area contributed by atoms with Gasteiger partial charge in [0.15, 0.2) is 11.5 Å². The van der Waals surface area contributed by atoms with Crippen molar-refractivity contribution in [1.29, 1.82) is 0 Å². The van der Waals surface area contributed by atoms with Gasteiger partial charge >= 0.3 is 6.03 Å². The van der Waals surface area contributed by atoms with Crippen molar-refractivity contribution in [2.24, 2.45) is 0 Å². The van der Waals surface area contributed by atoms with Gasteiger partial charge in [0.05, 0.1) is 12.3 Å². The number of ether oxygens (including phenoxy) is 3. The van der Waals surface area contributed by atoms with E-state index < -0.39 is 0 Å². The Kier molecular flexibility index (Phi) is 5.41. The molecule has 28 heavy (non-hydrogen) atoms. The fourth-order valence-corrected chi connectivity index (χ4v) is 3.49. The summed E-state index contributed by atoms with van der Waals surface area (Å²) in [5, 5.41) is 2.99. The van der Waals surface area contributed by atoms with E-state index in [9.17, 15) is 4.79 Å². The standard InChI is InChI=1S/C21H25N3O4/c1-2-26-18-6-4-3-5-17(18)23-9-11-24(12-10-23)21(25)22-14-16-7-8-19-20(13-16)28-15-27-19/h3-8,13H,2,9-12,14-15H2,1H3,(H,22,25). The number of fused-ring (bicyclic) bond motifs is 1. The Morgan fingerprint density at radius 3 is 2.68 bits per heavy atom. The number of hydrogen-bond acceptors (Lipinski definition) is 5. The first-order valence-electron chi connectivity index (χ1n) is 9.62. The molecule has 0 spiro atoms. The molecule has 0 saturated carbocycles. The van der Waals surface area contributed by atoms with E-state index in [0.29, 0.717) is 26.2 Å². The van der Waals surface area contributed by atoms with E-state index >= 15 is 0 Å². The maximum Gasteiger partial charge on any atom is 0.317 e. The molecule has 1 fully saturated rings. The second kappa shape index (κ2) is 8.29. The van der Waals surface area contributed by atoms with Crippen molar-refractivity contribution in [2.45, 2.75) is 13.5 Å². The van der Waals surface area contributed by atoms with E-state index in [1.54, 1.807) is 0 Å². The van der Waals surface area contributed by atoms with Gasteiger partial charge in [-0.3, -0.25) is 0 Å². The van der Waals surface area contributed by atoms with Crippen LogP contribution < -0.4 is 24.4 Å². The second-order valence-electron chi connectivity index (χ2n) is 6.72. The molecule has 0 unspecified atom stereocenters. The minimum atomic E-state index is -0.0459. The number of nitrogens with zero attached hydrogens (tertiary/aromatic N) is 2. The average molecular weight is 383 g/mol. The maximum absolute atomic E-state index is 12.5. The van der Waals surface area contributed by atoms with Gasteiger partial charge in [-0.15, -0.1) is 0 Å². The molecular formula is C21H25N3O4. The number of hydrogen-bond donors (Lipinski definition) is 1. The second-order valence-corrected chi connectivity index (χ2v) is 6.72. The summed E-state index contributed by atoms with van der Waals surface area (Å²) in [6.07, 6.45) is 0. The predicted octanol–water partition coefficient (Wildman–Crippen LogP) is 2.85. The molecule has 0 radical (unpaired) electrons. The van der Waals surface area contributed by atoms with Crippen LogP contribution >= 0.6 is 0 Å². The molecule has 0 aromatic heterocycles. The van der Waals surface area contributed by atoms with Crippen LogP contribution in [-0.2, 0) is 6.54 Å². The van der Waals surface area contributed by atoms with Gasteiger partial charge in [0.25, 0.3) is 0 Å². The highest BCUT2D eigenvalue weighted by atomic mass is 16.7. The first-order valence-corrected chi connectivity index (χ1v) is 9.62. The fraction of sp³-hybridized carbons (Fsp3) is 0.381. The van der Waals surface area contributed by atoms with Crippen LogP contribution in [0.1, 0.15) is 12.5 Å². The van der Waals surface area contributed by atoms with E-state index in [1.165, 1.54) is 0 Å². The van der Waals surface area contributed by atoms with Gasteiger partial charge in [0.2, 0.25) is 6.79 Å². The Morgan fingerprint density at radius 2 is 1.86 bits per heavy atom. The fourth-order valence-electron chi connectivity index (χ4n) is 3.49. The quantitative estimate of drug-likeness (QED) is 0.860. The summed E-state index contributed by atoms with van der Waals surface area (Å²) in [6.45, 7) is 6.24. The van der Waals surface area contributed by atoms with Gasteiger partial charge in [-0.25, -0.2) is 4.79 Å². The molecule has 2 aromatic rings. The predicted molar refractivity (Wildman–Crippen MR) is 106 cm³/mol. The zero-order valence-corrected chi connectivity index (χ0v) is 16.0. The third-order valence-electron chi connectivity index (χ3n) is 4.95. The SMILES string of the molecule is CCOc1ccccc1N1CCN(C(=O)NCc2ccc3c(c2)OCO3)CC1. The van der Waals surface area contributed by atoms with Crippen molar-refractivity contribution < 1.29 is 19.0 Å². The summed E-state index contributed by atoms with van der Waals surface area (Å²) in [7, 11) is 0. The Morgan fingerprint density at radius 1 is 1.07 bits per heavy atom. The van der Waals surface area contributed by atoms with Crippen molar-refractivity contribution >= 4 is 11.7 Å². The summed E-state index contributed by atoms with van der Waals surface area (Å²) < 4.78 is 16.4. The molecule has 2 aliphatic heterocycles. The number of benzene rings is 2. The molecule has 2 aliphatic rings. The number of nitrogens with one attached hydrogen (secondary N) is 1. The first-order chi connectivity index (χ1) is 13.7. The van der Waals surface area contributed by atoms with Gasteiger partial charge in [-0.2, -0.15) is 0 Å². The number of piperazine rings is 1. The van der Waals surface area contributed by atoms with Gasteiger partial charge in [-0.1, -0.05) is 18.2 Å². The van der Waals surface area contributed by atoms with Crippen molar-refractivity contribution in [3.8, 4) is 17.2 Å². The molecule has 2 heterocycles. The van der Waals surface area contributed by atoms with E-state index in [0.717, 1.165) is 41.6 Å². The van der Waals surface area contributed by atoms with Crippen LogP contribution in [0, 0.1) is 0 Å². The van der Waals surface area contributed by atoms with E-state index in [-0.39, 0.29) is 12.8 Å². The first kappa shape index (κ1) is 18.3. The number of rotatable bonds is 5. The Hall–Kier alpha value is -3.09. The molecule has 1 saturated heterocycles. The summed E-state index contributed by atoms with van der Waals surface area (Å²) in [4.78, 5) is 16.7. The molecule has 0 atom stereocenters. The minimum absolute atomic E-state index is 0.0459. The maximum atomic E-state index is 12.5. The Bertz CT molecular complexity index is 834. The Labute approximate surface area is 164 Å². The Balaban J connectivity index is 1.29. The lowest BCUT2D eigenvalue weighted by molar-refractivity contribution is 0.174. The van der Waals surface area contributed by atoms with Gasteiger partial charge < -0.3 is 29.3 Å². The van der Waals surface area contributed by atoms with Crippen LogP contribution in [0.2, 0.25) is 0 Å². The molecule has 4 rings (SSSR count). The van der Waals surface area contributed by atoms with Crippen molar-refractivity contribution in [1.82, 2.24) is 10.2 Å². The number of para-hydroxylation sites is 2. The lowest BCUT2D eigenvalue weighted by Crippen LogP contribution is -2.51. The highest BCUT2D eigenvalue weighted by Gasteiger charge is 2.23. The third kappa shape index (κ3) is 3.93. The molecule has 2 amide bonds. The topological polar surface area (TPSA) is 63.3 Å². The highest BCUT2D eigenvalue weighted by Crippen LogP contribution is 2.32. The number of carbonyl (C=O) groups excluding carboxylic acids is 1. The normalized spacial score (nSPS) is 15.5. The van der Waals surface area contributed by atoms with Crippen LogP contribution in [-0.4, -0.2) is 50.5 Å². The van der Waals surface area contributed by atoms with Crippen LogP contribution in [0.5, 0.6) is 17.2 Å². The monoisotopic (exact) mass is 383 g/mol. The van der Waals surface area contributed by atoms with Crippen LogP contribution in [0.25, 0.3) is 0 Å². The number of carbonyl (C=O) groups is 1. The largest absolute Gasteiger partial charge is 0.492 e. The van der Waals surface area contributed by atoms with E-state index in [1.807, 2.05) is 48.2 Å². The number of anilines is 1. The molecule has 1 N–H and O–H groups in total. The van der Waals surface area contributed by atoms with Crippen molar-refractivity contribution in [3.05, 3.63) is 48.0 Å². The minimum Gasteiger partial charge on any atom is -0.492 e. The van der Waals surface area contributed by atoms with Gasteiger partial charge in [-0.05, 0) is 36.8 Å². The van der Waals surface area contributed by atoms with Crippen molar-refractivity contribution in [2.75, 3.05) is 44.5 Å². The van der Waals surface area contributed by atoms with Gasteiger partial charge in [0.1, 0.15) is 5.75 Å². The van der Waals surface area contributed by atoms with Crippen LogP contribution in [0.15, 0.2) is 42.5 Å². The molecule has 0 bridgehead atoms. The highest BCUT2D eigenvalue weighted by molar-refractivity contribution is 5.74. The van der Waals surface area contributed by atoms with Crippen molar-refractivity contribution in [3.63, 3.8) is 0 Å². The summed E-state index contributed by atoms with van der Waals surface area (Å²) in [5.41, 5.74) is 2.08. The lowest BCUT2D eigenvalue weighted by atomic mass is 10.2. The molecule has 148 valence electrons. The van der Waals surface area contributed by atoms with Gasteiger partial charge in [0, 0.05) is 32.7 Å². The van der Waals surface area contributed by atoms with Crippen LogP contribution in [0.3, 0.4) is 0 Å². The van der Waals surface area contributed by atoms with E-state index in [4.69, 9.17) is 14.2 Å². The molecular weight excluding hydrogens is 358 g/mol. The van der Waals surface area contributed by atoms with Crippen LogP contribution in [0.4, 0.5) is 10.5 Å².